The number of aromatic nitrogens is 2. The third kappa shape index (κ3) is 3.97. The number of nitrogens with zero attached hydrogens (tertiary/aromatic N) is 2. The van der Waals surface area contributed by atoms with Crippen LogP contribution in [0.1, 0.15) is 56.2 Å². The standard InChI is InChI=1S/C17H27N3O/c1-6-15-9-16(7-2)20(19-15)11-17-8-14(13(5)21-17)10-18-12(3)4/h8-9,12,18H,6-7,10-11H2,1-5H3. The van der Waals surface area contributed by atoms with Crippen molar-refractivity contribution in [1.82, 2.24) is 15.1 Å². The summed E-state index contributed by atoms with van der Waals surface area (Å²) in [4.78, 5) is 0. The Balaban J connectivity index is 2.12. The Morgan fingerprint density at radius 3 is 2.62 bits per heavy atom. The molecule has 4 nitrogen and oxygen atoms in total. The van der Waals surface area contributed by atoms with Gasteiger partial charge in [-0.2, -0.15) is 5.10 Å². The summed E-state index contributed by atoms with van der Waals surface area (Å²) in [6, 6.07) is 4.82. The molecule has 2 heterocycles. The molecule has 0 bridgehead atoms. The van der Waals surface area contributed by atoms with Crippen molar-refractivity contribution in [2.75, 3.05) is 0 Å². The predicted octanol–water partition coefficient (Wildman–Crippen LogP) is 3.46. The summed E-state index contributed by atoms with van der Waals surface area (Å²) in [5.41, 5.74) is 3.65. The second-order valence-corrected chi connectivity index (χ2v) is 5.82. The topological polar surface area (TPSA) is 43.0 Å². The lowest BCUT2D eigenvalue weighted by Gasteiger charge is -2.06. The van der Waals surface area contributed by atoms with Crippen molar-refractivity contribution < 1.29 is 4.42 Å². The van der Waals surface area contributed by atoms with Crippen LogP contribution in [0.3, 0.4) is 0 Å². The molecule has 0 spiro atoms. The van der Waals surface area contributed by atoms with Crippen LogP contribution >= 0.6 is 0 Å². The molecular formula is C17H27N3O. The maximum Gasteiger partial charge on any atom is 0.125 e. The second-order valence-electron chi connectivity index (χ2n) is 5.82. The molecule has 1 N–H and O–H groups in total. The molecule has 0 saturated carbocycles. The van der Waals surface area contributed by atoms with Gasteiger partial charge in [0.2, 0.25) is 0 Å². The highest BCUT2D eigenvalue weighted by molar-refractivity contribution is 5.21. The number of hydrogen-bond acceptors (Lipinski definition) is 3. The molecular weight excluding hydrogens is 262 g/mol. The van der Waals surface area contributed by atoms with Crippen LogP contribution in [0.15, 0.2) is 16.5 Å². The van der Waals surface area contributed by atoms with E-state index in [0.29, 0.717) is 12.6 Å². The van der Waals surface area contributed by atoms with Gasteiger partial charge in [0.15, 0.2) is 0 Å². The minimum atomic E-state index is 0.479. The summed E-state index contributed by atoms with van der Waals surface area (Å²) in [6.07, 6.45) is 1.97. The van der Waals surface area contributed by atoms with Gasteiger partial charge in [-0.1, -0.05) is 27.7 Å². The lowest BCUT2D eigenvalue weighted by atomic mass is 10.2. The van der Waals surface area contributed by atoms with Crippen LogP contribution in [0.4, 0.5) is 0 Å². The number of rotatable bonds is 7. The average molecular weight is 289 g/mol. The first-order chi connectivity index (χ1) is 10.0. The Morgan fingerprint density at radius 1 is 1.24 bits per heavy atom. The second kappa shape index (κ2) is 6.94. The van der Waals surface area contributed by atoms with E-state index < -0.39 is 0 Å². The third-order valence-electron chi connectivity index (χ3n) is 3.72. The lowest BCUT2D eigenvalue weighted by Crippen LogP contribution is -2.21. The zero-order chi connectivity index (χ0) is 15.4. The van der Waals surface area contributed by atoms with E-state index >= 15 is 0 Å². The van der Waals surface area contributed by atoms with Crippen molar-refractivity contribution in [3.63, 3.8) is 0 Å². The van der Waals surface area contributed by atoms with Gasteiger partial charge in [-0.3, -0.25) is 4.68 Å². The van der Waals surface area contributed by atoms with Crippen LogP contribution in [-0.4, -0.2) is 15.8 Å². The van der Waals surface area contributed by atoms with Crippen LogP contribution in [0, 0.1) is 6.92 Å². The fourth-order valence-electron chi connectivity index (χ4n) is 2.41. The summed E-state index contributed by atoms with van der Waals surface area (Å²) in [5.74, 6) is 1.98. The van der Waals surface area contributed by atoms with Crippen molar-refractivity contribution in [1.29, 1.82) is 0 Å². The zero-order valence-electron chi connectivity index (χ0n) is 13.9. The monoisotopic (exact) mass is 289 g/mol. The number of furan rings is 1. The van der Waals surface area contributed by atoms with E-state index in [0.717, 1.165) is 36.6 Å². The first-order valence-corrected chi connectivity index (χ1v) is 7.90. The maximum absolute atomic E-state index is 5.89. The predicted molar refractivity (Wildman–Crippen MR) is 85.5 cm³/mol. The van der Waals surface area contributed by atoms with E-state index in [1.54, 1.807) is 0 Å². The quantitative estimate of drug-likeness (QED) is 0.849. The summed E-state index contributed by atoms with van der Waals surface area (Å²) >= 11 is 0. The molecule has 0 aliphatic rings. The molecule has 0 fully saturated rings. The largest absolute Gasteiger partial charge is 0.464 e. The minimum Gasteiger partial charge on any atom is -0.464 e. The Kier molecular flexibility index (Phi) is 5.23. The van der Waals surface area contributed by atoms with Crippen LogP contribution in [0.5, 0.6) is 0 Å². The Hall–Kier alpha value is -1.55. The maximum atomic E-state index is 5.89. The fraction of sp³-hybridized carbons (Fsp3) is 0.588. The highest BCUT2D eigenvalue weighted by atomic mass is 16.3. The first-order valence-electron chi connectivity index (χ1n) is 7.90. The lowest BCUT2D eigenvalue weighted by molar-refractivity contribution is 0.450. The molecule has 0 aliphatic heterocycles. The van der Waals surface area contributed by atoms with Crippen LogP contribution in [0.2, 0.25) is 0 Å². The zero-order valence-corrected chi connectivity index (χ0v) is 13.9. The Morgan fingerprint density at radius 2 is 2.00 bits per heavy atom. The average Bonchev–Trinajstić information content (AvgIpc) is 3.00. The van der Waals surface area contributed by atoms with Crippen LogP contribution in [-0.2, 0) is 25.9 Å². The van der Waals surface area contributed by atoms with Gasteiger partial charge in [-0.15, -0.1) is 0 Å². The molecule has 0 amide bonds. The molecule has 2 rings (SSSR count). The Bertz CT molecular complexity index is 581. The number of nitrogens with one attached hydrogen (secondary N) is 1. The molecule has 0 radical (unpaired) electrons. The summed E-state index contributed by atoms with van der Waals surface area (Å²) in [7, 11) is 0. The van der Waals surface area contributed by atoms with E-state index in [-0.39, 0.29) is 0 Å². The van der Waals surface area contributed by atoms with Crippen LogP contribution in [0.25, 0.3) is 0 Å². The van der Waals surface area contributed by atoms with Gasteiger partial charge in [0.25, 0.3) is 0 Å². The van der Waals surface area contributed by atoms with Gasteiger partial charge in [-0.05, 0) is 31.9 Å². The van der Waals surface area contributed by atoms with Gasteiger partial charge in [0.1, 0.15) is 11.5 Å². The van der Waals surface area contributed by atoms with E-state index in [1.807, 2.05) is 6.92 Å². The van der Waals surface area contributed by atoms with E-state index in [9.17, 15) is 0 Å². The van der Waals surface area contributed by atoms with Gasteiger partial charge in [0, 0.05) is 23.8 Å². The number of hydrogen-bond donors (Lipinski definition) is 1. The Labute approximate surface area is 127 Å². The third-order valence-corrected chi connectivity index (χ3v) is 3.72. The van der Waals surface area contributed by atoms with Gasteiger partial charge >= 0.3 is 0 Å². The minimum absolute atomic E-state index is 0.479. The molecule has 21 heavy (non-hydrogen) atoms. The smallest absolute Gasteiger partial charge is 0.125 e. The van der Waals surface area contributed by atoms with Crippen molar-refractivity contribution >= 4 is 0 Å². The van der Waals surface area contributed by atoms with Crippen LogP contribution < -0.4 is 5.32 Å². The molecule has 0 unspecified atom stereocenters. The molecule has 0 aromatic carbocycles. The summed E-state index contributed by atoms with van der Waals surface area (Å²) in [5, 5.41) is 8.08. The van der Waals surface area contributed by atoms with Gasteiger partial charge < -0.3 is 9.73 Å². The fourth-order valence-corrected chi connectivity index (χ4v) is 2.41. The summed E-state index contributed by atoms with van der Waals surface area (Å²) in [6.45, 7) is 12.2. The highest BCUT2D eigenvalue weighted by Gasteiger charge is 2.11. The van der Waals surface area contributed by atoms with Crippen molar-refractivity contribution in [2.45, 2.75) is 66.6 Å². The summed E-state index contributed by atoms with van der Waals surface area (Å²) < 4.78 is 7.96. The molecule has 0 aliphatic carbocycles. The van der Waals surface area contributed by atoms with Crippen molar-refractivity contribution in [2.24, 2.45) is 0 Å². The van der Waals surface area contributed by atoms with Crippen molar-refractivity contribution in [3.05, 3.63) is 40.6 Å². The van der Waals surface area contributed by atoms with Gasteiger partial charge in [0.05, 0.1) is 12.2 Å². The van der Waals surface area contributed by atoms with E-state index in [1.165, 1.54) is 11.3 Å². The normalized spacial score (nSPS) is 11.5. The van der Waals surface area contributed by atoms with Gasteiger partial charge in [-0.25, -0.2) is 0 Å². The first kappa shape index (κ1) is 15.8. The molecule has 2 aromatic rings. The molecule has 0 atom stereocenters. The van der Waals surface area contributed by atoms with Crippen molar-refractivity contribution in [3.8, 4) is 0 Å². The molecule has 116 valence electrons. The van der Waals surface area contributed by atoms with E-state index in [4.69, 9.17) is 4.42 Å². The molecule has 2 aromatic heterocycles. The number of aryl methyl sites for hydroxylation is 3. The molecule has 4 heteroatoms. The highest BCUT2D eigenvalue weighted by Crippen LogP contribution is 2.17. The molecule has 0 saturated heterocycles. The van der Waals surface area contributed by atoms with E-state index in [2.05, 4.69) is 54.9 Å². The SMILES string of the molecule is CCc1cc(CC)n(Cc2cc(CNC(C)C)c(C)o2)n1.